The number of hydrogen-bond donors (Lipinski definition) is 0. The van der Waals surface area contributed by atoms with Crippen LogP contribution in [0.25, 0.3) is 11.1 Å². The molecule has 1 heterocycles. The van der Waals surface area contributed by atoms with Crippen LogP contribution in [0.3, 0.4) is 0 Å². The fourth-order valence-corrected chi connectivity index (χ4v) is 3.75. The summed E-state index contributed by atoms with van der Waals surface area (Å²) in [5.41, 5.74) is 5.60. The van der Waals surface area contributed by atoms with Crippen molar-refractivity contribution in [2.24, 2.45) is 9.98 Å². The molecule has 32 heavy (non-hydrogen) atoms. The van der Waals surface area contributed by atoms with Crippen molar-refractivity contribution in [2.75, 3.05) is 0 Å². The minimum atomic E-state index is -0.646. The SMILES string of the molecule is CC1=Nc2ccccc2N=C(C)C(C)(C)c2[c-]c(ccc2F)-c2[c-]c(ccc2)C1(C)C.[Pt+2]. The van der Waals surface area contributed by atoms with E-state index >= 15 is 0 Å². The third-order valence-electron chi connectivity index (χ3n) is 6.55. The number of nitrogens with zero attached hydrogens (tertiary/aromatic N) is 2. The third kappa shape index (κ3) is 4.28. The van der Waals surface area contributed by atoms with Crippen LogP contribution in [0.1, 0.15) is 52.7 Å². The summed E-state index contributed by atoms with van der Waals surface area (Å²) in [5, 5.41) is 0. The Hall–Kier alpha value is -2.38. The van der Waals surface area contributed by atoms with Gasteiger partial charge >= 0.3 is 21.1 Å². The molecule has 0 saturated heterocycles. The Labute approximate surface area is 205 Å². The first kappa shape index (κ1) is 24.3. The maximum Gasteiger partial charge on any atom is 2.00 e. The molecular weight excluding hydrogens is 578 g/mol. The molecule has 2 nitrogen and oxygen atoms in total. The van der Waals surface area contributed by atoms with Gasteiger partial charge in [-0.15, -0.1) is 17.7 Å². The summed E-state index contributed by atoms with van der Waals surface area (Å²) in [6.45, 7) is 12.2. The van der Waals surface area contributed by atoms with Crippen molar-refractivity contribution in [3.8, 4) is 11.1 Å². The van der Waals surface area contributed by atoms with Crippen LogP contribution in [-0.2, 0) is 31.9 Å². The molecule has 1 aliphatic rings. The molecule has 0 aromatic heterocycles. The van der Waals surface area contributed by atoms with Gasteiger partial charge in [0.2, 0.25) is 0 Å². The fraction of sp³-hybridized carbons (Fsp3) is 0.286. The topological polar surface area (TPSA) is 24.7 Å². The quantitative estimate of drug-likeness (QED) is 0.237. The number of para-hydroxylation sites is 2. The van der Waals surface area contributed by atoms with Crippen molar-refractivity contribution in [1.82, 2.24) is 0 Å². The monoisotopic (exact) mass is 605 g/mol. The van der Waals surface area contributed by atoms with E-state index in [-0.39, 0.29) is 32.3 Å². The molecule has 0 atom stereocenters. The number of halogens is 1. The van der Waals surface area contributed by atoms with Crippen LogP contribution < -0.4 is 0 Å². The van der Waals surface area contributed by atoms with Gasteiger partial charge in [-0.05, 0) is 26.0 Å². The second kappa shape index (κ2) is 8.87. The van der Waals surface area contributed by atoms with E-state index in [2.05, 4.69) is 32.0 Å². The molecule has 4 bridgehead atoms. The molecule has 0 saturated carbocycles. The summed E-state index contributed by atoms with van der Waals surface area (Å²) in [5.74, 6) is -0.283. The molecule has 0 amide bonds. The molecule has 3 aromatic rings. The third-order valence-corrected chi connectivity index (χ3v) is 6.55. The minimum Gasteiger partial charge on any atom is -0.265 e. The van der Waals surface area contributed by atoms with Gasteiger partial charge in [-0.1, -0.05) is 45.4 Å². The first-order valence-corrected chi connectivity index (χ1v) is 10.6. The van der Waals surface area contributed by atoms with E-state index in [1.54, 1.807) is 6.07 Å². The number of rotatable bonds is 0. The zero-order chi connectivity index (χ0) is 22.4. The molecule has 0 unspecified atom stereocenters. The van der Waals surface area contributed by atoms with E-state index in [1.165, 1.54) is 6.07 Å². The van der Waals surface area contributed by atoms with Gasteiger partial charge in [0.1, 0.15) is 0 Å². The van der Waals surface area contributed by atoms with Crippen LogP contribution in [0.15, 0.2) is 64.6 Å². The van der Waals surface area contributed by atoms with Gasteiger partial charge < -0.3 is 0 Å². The normalized spacial score (nSPS) is 16.6. The van der Waals surface area contributed by atoms with Crippen LogP contribution >= 0.6 is 0 Å². The summed E-state index contributed by atoms with van der Waals surface area (Å²) in [6, 6.07) is 24.1. The van der Waals surface area contributed by atoms with E-state index in [0.717, 1.165) is 39.5 Å². The zero-order valence-corrected chi connectivity index (χ0v) is 21.6. The molecule has 0 aliphatic carbocycles. The number of benzene rings is 3. The Bertz CT molecular complexity index is 1220. The molecule has 166 valence electrons. The van der Waals surface area contributed by atoms with Crippen molar-refractivity contribution in [2.45, 2.75) is 52.4 Å². The largest absolute Gasteiger partial charge is 2.00 e. The molecule has 0 radical (unpaired) electrons. The molecule has 0 N–H and O–H groups in total. The molecule has 1 aliphatic heterocycles. The van der Waals surface area contributed by atoms with Crippen molar-refractivity contribution >= 4 is 22.8 Å². The van der Waals surface area contributed by atoms with Crippen LogP contribution in [-0.4, -0.2) is 11.4 Å². The van der Waals surface area contributed by atoms with Crippen molar-refractivity contribution in [3.05, 3.63) is 83.7 Å². The van der Waals surface area contributed by atoms with Gasteiger partial charge in [0.25, 0.3) is 0 Å². The Morgan fingerprint density at radius 2 is 1.25 bits per heavy atom. The van der Waals surface area contributed by atoms with Crippen molar-refractivity contribution in [3.63, 3.8) is 0 Å². The molecule has 4 heteroatoms. The fourth-order valence-electron chi connectivity index (χ4n) is 3.75. The summed E-state index contributed by atoms with van der Waals surface area (Å²) < 4.78 is 15.0. The molecular formula is C28H27FN2Pt. The summed E-state index contributed by atoms with van der Waals surface area (Å²) >= 11 is 0. The zero-order valence-electron chi connectivity index (χ0n) is 19.3. The standard InChI is InChI=1S/C28H27FN2.Pt/c1-18-27(3,4)22-11-9-10-20(16-22)21-14-15-24(29)23(17-21)28(5,6)19(2)31-26-13-8-7-12-25(26)30-18;/h7-15H,1-6H3;/q-2;+2. The molecule has 0 spiro atoms. The molecule has 0 fully saturated rings. The average molecular weight is 606 g/mol. The smallest absolute Gasteiger partial charge is 0.265 e. The predicted octanol–water partition coefficient (Wildman–Crippen LogP) is 7.54. The van der Waals surface area contributed by atoms with Gasteiger partial charge in [0, 0.05) is 28.1 Å². The van der Waals surface area contributed by atoms with E-state index < -0.39 is 5.41 Å². The summed E-state index contributed by atoms with van der Waals surface area (Å²) in [7, 11) is 0. The van der Waals surface area contributed by atoms with Gasteiger partial charge in [-0.3, -0.25) is 14.4 Å². The first-order chi connectivity index (χ1) is 14.6. The van der Waals surface area contributed by atoms with Crippen LogP contribution in [0.2, 0.25) is 0 Å². The minimum absolute atomic E-state index is 0. The Kier molecular flexibility index (Phi) is 6.72. The predicted molar refractivity (Wildman–Crippen MR) is 128 cm³/mol. The van der Waals surface area contributed by atoms with Gasteiger partial charge in [0.05, 0.1) is 11.4 Å². The van der Waals surface area contributed by atoms with Crippen LogP contribution in [0.5, 0.6) is 0 Å². The Morgan fingerprint density at radius 1 is 0.688 bits per heavy atom. The van der Waals surface area contributed by atoms with Gasteiger partial charge in [0.15, 0.2) is 0 Å². The van der Waals surface area contributed by atoms with Crippen molar-refractivity contribution < 1.29 is 25.5 Å². The Balaban J connectivity index is 0.00000289. The van der Waals surface area contributed by atoms with Crippen LogP contribution in [0, 0.1) is 17.9 Å². The number of aliphatic imine (C=N–C) groups is 2. The average Bonchev–Trinajstić information content (AvgIpc) is 2.74. The van der Waals surface area contributed by atoms with Gasteiger partial charge in [-0.2, -0.15) is 30.3 Å². The number of fused-ring (bicyclic) bond motifs is 6. The van der Waals surface area contributed by atoms with E-state index in [4.69, 9.17) is 9.98 Å². The van der Waals surface area contributed by atoms with Gasteiger partial charge in [-0.25, -0.2) is 11.1 Å². The number of hydrogen-bond acceptors (Lipinski definition) is 2. The molecule has 4 rings (SSSR count). The first-order valence-electron chi connectivity index (χ1n) is 10.6. The van der Waals surface area contributed by atoms with Crippen molar-refractivity contribution in [1.29, 1.82) is 0 Å². The molecule has 3 aromatic carbocycles. The Morgan fingerprint density at radius 3 is 1.88 bits per heavy atom. The maximum atomic E-state index is 15.0. The van der Waals surface area contributed by atoms with E-state index in [1.807, 2.05) is 64.1 Å². The second-order valence-electron chi connectivity index (χ2n) is 9.21. The van der Waals surface area contributed by atoms with Crippen LogP contribution in [0.4, 0.5) is 15.8 Å². The summed E-state index contributed by atoms with van der Waals surface area (Å²) in [4.78, 5) is 9.87. The maximum absolute atomic E-state index is 15.0. The van der Waals surface area contributed by atoms with E-state index in [9.17, 15) is 4.39 Å². The summed E-state index contributed by atoms with van der Waals surface area (Å²) in [6.07, 6.45) is 0. The second-order valence-corrected chi connectivity index (χ2v) is 9.21. The van der Waals surface area contributed by atoms with E-state index in [0.29, 0.717) is 5.56 Å².